The number of thiophene rings is 1. The summed E-state index contributed by atoms with van der Waals surface area (Å²) in [6.07, 6.45) is 3.76. The molecule has 0 aliphatic carbocycles. The molecule has 1 atom stereocenters. The molecular weight excluding hydrogens is 356 g/mol. The summed E-state index contributed by atoms with van der Waals surface area (Å²) in [4.78, 5) is 0. The molecule has 16 heavy (non-hydrogen) atoms. The summed E-state index contributed by atoms with van der Waals surface area (Å²) < 4.78 is 3.89. The van der Waals surface area contributed by atoms with Crippen LogP contribution < -0.4 is 11.3 Å². The normalized spacial score (nSPS) is 13.0. The number of nitrogens with one attached hydrogen (secondary N) is 1. The molecule has 2 heterocycles. The van der Waals surface area contributed by atoms with Crippen LogP contribution in [0.1, 0.15) is 17.2 Å². The summed E-state index contributed by atoms with van der Waals surface area (Å²) in [7, 11) is 1.88. The van der Waals surface area contributed by atoms with Crippen molar-refractivity contribution in [3.63, 3.8) is 0 Å². The van der Waals surface area contributed by atoms with Gasteiger partial charge in [0.25, 0.3) is 0 Å². The lowest BCUT2D eigenvalue weighted by Gasteiger charge is -2.13. The molecule has 0 saturated heterocycles. The molecule has 4 nitrogen and oxygen atoms in total. The molecule has 3 N–H and O–H groups in total. The molecule has 0 aliphatic heterocycles. The number of halogens is 2. The summed E-state index contributed by atoms with van der Waals surface area (Å²) in [5.74, 6) is 5.61. The summed E-state index contributed by atoms with van der Waals surface area (Å²) in [5, 5.41) is 4.14. The quantitative estimate of drug-likeness (QED) is 0.649. The smallest absolute Gasteiger partial charge is 0.0762 e. The van der Waals surface area contributed by atoms with Gasteiger partial charge in [0.2, 0.25) is 0 Å². The van der Waals surface area contributed by atoms with E-state index in [1.54, 1.807) is 16.0 Å². The van der Waals surface area contributed by atoms with Gasteiger partial charge in [-0.15, -0.1) is 11.3 Å². The van der Waals surface area contributed by atoms with Gasteiger partial charge in [0, 0.05) is 24.4 Å². The molecule has 0 aromatic carbocycles. The van der Waals surface area contributed by atoms with Crippen LogP contribution in [0.15, 0.2) is 26.0 Å². The van der Waals surface area contributed by atoms with Crippen LogP contribution in [0, 0.1) is 0 Å². The Morgan fingerprint density at radius 3 is 2.75 bits per heavy atom. The molecule has 2 rings (SSSR count). The highest BCUT2D eigenvalue weighted by Crippen LogP contribution is 2.37. The van der Waals surface area contributed by atoms with E-state index in [0.29, 0.717) is 0 Å². The van der Waals surface area contributed by atoms with E-state index in [0.717, 1.165) is 18.7 Å². The van der Waals surface area contributed by atoms with Crippen molar-refractivity contribution < 1.29 is 0 Å². The standard InChI is InChI=1S/C9H10Br2N4S/c1-15-4-5(3-13-15)8(14-12)6-2-7(10)16-9(6)11/h2-4,8,14H,12H2,1H3. The van der Waals surface area contributed by atoms with Crippen LogP contribution in [-0.4, -0.2) is 9.78 Å². The van der Waals surface area contributed by atoms with Gasteiger partial charge in [-0.25, -0.2) is 5.43 Å². The Hall–Kier alpha value is -0.210. The number of hydrogen-bond donors (Lipinski definition) is 2. The van der Waals surface area contributed by atoms with E-state index < -0.39 is 0 Å². The topological polar surface area (TPSA) is 55.9 Å². The van der Waals surface area contributed by atoms with Crippen molar-refractivity contribution in [1.82, 2.24) is 15.2 Å². The molecular formula is C9H10Br2N4S. The number of aromatic nitrogens is 2. The molecule has 2 aromatic rings. The maximum Gasteiger partial charge on any atom is 0.0762 e. The van der Waals surface area contributed by atoms with Crippen molar-refractivity contribution >= 4 is 43.2 Å². The van der Waals surface area contributed by atoms with Crippen LogP contribution >= 0.6 is 43.2 Å². The van der Waals surface area contributed by atoms with Crippen LogP contribution in [-0.2, 0) is 7.05 Å². The molecule has 0 spiro atoms. The highest BCUT2D eigenvalue weighted by molar-refractivity contribution is 9.12. The Balaban J connectivity index is 2.40. The van der Waals surface area contributed by atoms with Gasteiger partial charge in [0.1, 0.15) is 0 Å². The van der Waals surface area contributed by atoms with Crippen molar-refractivity contribution in [3.05, 3.63) is 37.2 Å². The third-order valence-corrected chi connectivity index (χ3v) is 4.60. The Kier molecular flexibility index (Phi) is 3.81. The summed E-state index contributed by atoms with van der Waals surface area (Å²) >= 11 is 8.61. The van der Waals surface area contributed by atoms with E-state index in [2.05, 4.69) is 42.4 Å². The second kappa shape index (κ2) is 4.97. The average Bonchev–Trinajstić information content (AvgIpc) is 2.76. The summed E-state index contributed by atoms with van der Waals surface area (Å²) in [6, 6.07) is 2.00. The van der Waals surface area contributed by atoms with Crippen molar-refractivity contribution in [2.24, 2.45) is 12.9 Å². The van der Waals surface area contributed by atoms with Gasteiger partial charge in [0.15, 0.2) is 0 Å². The largest absolute Gasteiger partial charge is 0.275 e. The minimum Gasteiger partial charge on any atom is -0.275 e. The Morgan fingerprint density at radius 1 is 1.56 bits per heavy atom. The van der Waals surface area contributed by atoms with Crippen LogP contribution in [0.4, 0.5) is 0 Å². The minimum atomic E-state index is -0.0503. The molecule has 0 amide bonds. The zero-order valence-corrected chi connectivity index (χ0v) is 12.4. The Bertz CT molecular complexity index is 493. The number of hydrazine groups is 1. The van der Waals surface area contributed by atoms with Crippen molar-refractivity contribution in [3.8, 4) is 0 Å². The number of nitrogens with zero attached hydrogens (tertiary/aromatic N) is 2. The summed E-state index contributed by atoms with van der Waals surface area (Å²) in [5.41, 5.74) is 4.95. The molecule has 2 aromatic heterocycles. The first-order valence-corrected chi connectivity index (χ1v) is 6.91. The fraction of sp³-hybridized carbons (Fsp3) is 0.222. The molecule has 0 aliphatic rings. The second-order valence-corrected chi connectivity index (χ2v) is 7.08. The number of aryl methyl sites for hydroxylation is 1. The molecule has 0 saturated carbocycles. The predicted molar refractivity (Wildman–Crippen MR) is 72.1 cm³/mol. The molecule has 86 valence electrons. The monoisotopic (exact) mass is 364 g/mol. The van der Waals surface area contributed by atoms with Crippen LogP contribution in [0.2, 0.25) is 0 Å². The highest BCUT2D eigenvalue weighted by Gasteiger charge is 2.19. The maximum atomic E-state index is 5.61. The van der Waals surface area contributed by atoms with Crippen molar-refractivity contribution in [1.29, 1.82) is 0 Å². The fourth-order valence-corrected chi connectivity index (χ4v) is 4.41. The van der Waals surface area contributed by atoms with E-state index in [1.807, 2.05) is 25.5 Å². The van der Waals surface area contributed by atoms with Crippen molar-refractivity contribution in [2.45, 2.75) is 6.04 Å². The highest BCUT2D eigenvalue weighted by atomic mass is 79.9. The number of hydrogen-bond acceptors (Lipinski definition) is 4. The van der Waals surface area contributed by atoms with Gasteiger partial charge in [-0.2, -0.15) is 5.10 Å². The van der Waals surface area contributed by atoms with Crippen LogP contribution in [0.3, 0.4) is 0 Å². The van der Waals surface area contributed by atoms with Gasteiger partial charge in [0.05, 0.1) is 19.8 Å². The third-order valence-electron chi connectivity index (χ3n) is 2.22. The fourth-order valence-electron chi connectivity index (χ4n) is 1.50. The van der Waals surface area contributed by atoms with E-state index in [9.17, 15) is 0 Å². The van der Waals surface area contributed by atoms with Gasteiger partial charge in [-0.05, 0) is 37.9 Å². The van der Waals surface area contributed by atoms with Gasteiger partial charge >= 0.3 is 0 Å². The van der Waals surface area contributed by atoms with Gasteiger partial charge in [-0.3, -0.25) is 10.5 Å². The number of rotatable bonds is 3. The van der Waals surface area contributed by atoms with Crippen LogP contribution in [0.25, 0.3) is 0 Å². The van der Waals surface area contributed by atoms with Gasteiger partial charge in [-0.1, -0.05) is 0 Å². The number of nitrogens with two attached hydrogens (primary N) is 1. The van der Waals surface area contributed by atoms with E-state index in [-0.39, 0.29) is 6.04 Å². The summed E-state index contributed by atoms with van der Waals surface area (Å²) in [6.45, 7) is 0. The lowest BCUT2D eigenvalue weighted by atomic mass is 10.1. The molecule has 0 bridgehead atoms. The maximum absolute atomic E-state index is 5.61. The third kappa shape index (κ3) is 2.38. The van der Waals surface area contributed by atoms with Crippen LogP contribution in [0.5, 0.6) is 0 Å². The first-order valence-electron chi connectivity index (χ1n) is 4.51. The Morgan fingerprint density at radius 2 is 2.31 bits per heavy atom. The van der Waals surface area contributed by atoms with Gasteiger partial charge < -0.3 is 0 Å². The van der Waals surface area contributed by atoms with Crippen molar-refractivity contribution in [2.75, 3.05) is 0 Å². The van der Waals surface area contributed by atoms with E-state index in [1.165, 1.54) is 0 Å². The van der Waals surface area contributed by atoms with E-state index in [4.69, 9.17) is 5.84 Å². The van der Waals surface area contributed by atoms with E-state index >= 15 is 0 Å². The second-order valence-electron chi connectivity index (χ2n) is 3.33. The average molecular weight is 366 g/mol. The first-order chi connectivity index (χ1) is 7.61. The predicted octanol–water partition coefficient (Wildman–Crippen LogP) is 2.56. The lowest BCUT2D eigenvalue weighted by molar-refractivity contribution is 0.635. The molecule has 1 unspecified atom stereocenters. The molecule has 0 radical (unpaired) electrons. The molecule has 0 fully saturated rings. The zero-order chi connectivity index (χ0) is 11.7. The Labute approximate surface area is 114 Å². The first kappa shape index (κ1) is 12.3. The molecule has 7 heteroatoms. The zero-order valence-electron chi connectivity index (χ0n) is 8.45. The SMILES string of the molecule is Cn1cc(C(NN)c2cc(Br)sc2Br)cn1. The lowest BCUT2D eigenvalue weighted by Crippen LogP contribution is -2.28. The minimum absolute atomic E-state index is 0.0503.